The predicted molar refractivity (Wildman–Crippen MR) is 84.6 cm³/mol. The molecule has 3 nitrogen and oxygen atoms in total. The van der Waals surface area contributed by atoms with Gasteiger partial charge in [0.2, 0.25) is 0 Å². The van der Waals surface area contributed by atoms with E-state index >= 15 is 0 Å². The van der Waals surface area contributed by atoms with Crippen molar-refractivity contribution in [3.8, 4) is 0 Å². The first-order valence-electron chi connectivity index (χ1n) is 6.82. The molecule has 1 N–H and O–H groups in total. The summed E-state index contributed by atoms with van der Waals surface area (Å²) >= 11 is 0. The Hall–Kier alpha value is -0.220. The van der Waals surface area contributed by atoms with Crippen LogP contribution >= 0.6 is 24.8 Å². The first kappa shape index (κ1) is 18.8. The number of unbranched alkanes of at least 4 members (excludes halogenated alkanes) is 1. The van der Waals surface area contributed by atoms with E-state index in [0.717, 1.165) is 37.7 Å². The van der Waals surface area contributed by atoms with Crippen LogP contribution in [0.15, 0.2) is 16.5 Å². The van der Waals surface area contributed by atoms with Gasteiger partial charge >= 0.3 is 0 Å². The van der Waals surface area contributed by atoms with Gasteiger partial charge in [0.25, 0.3) is 0 Å². The second-order valence-corrected chi connectivity index (χ2v) is 4.89. The number of furan rings is 1. The third kappa shape index (κ3) is 5.35. The average molecular weight is 309 g/mol. The monoisotopic (exact) mass is 308 g/mol. The molecular weight excluding hydrogens is 283 g/mol. The van der Waals surface area contributed by atoms with E-state index in [1.54, 1.807) is 0 Å². The predicted octanol–water partition coefficient (Wildman–Crippen LogP) is 3.57. The number of aryl methyl sites for hydroxylation is 1. The first-order chi connectivity index (χ1) is 8.31. The van der Waals surface area contributed by atoms with E-state index < -0.39 is 0 Å². The summed E-state index contributed by atoms with van der Waals surface area (Å²) in [5, 5.41) is 3.41. The molecule has 2 heterocycles. The van der Waals surface area contributed by atoms with Gasteiger partial charge in [0.1, 0.15) is 11.5 Å². The highest BCUT2D eigenvalue weighted by Crippen LogP contribution is 2.28. The summed E-state index contributed by atoms with van der Waals surface area (Å²) in [5.41, 5.74) is 0. The molecule has 1 saturated heterocycles. The molecule has 1 aromatic rings. The van der Waals surface area contributed by atoms with Crippen LogP contribution in [0.5, 0.6) is 0 Å². The van der Waals surface area contributed by atoms with Crippen molar-refractivity contribution in [2.45, 2.75) is 39.2 Å². The maximum Gasteiger partial charge on any atom is 0.121 e. The van der Waals surface area contributed by atoms with Crippen molar-refractivity contribution >= 4 is 24.8 Å². The fourth-order valence-corrected chi connectivity index (χ4v) is 2.53. The molecule has 0 aliphatic carbocycles. The van der Waals surface area contributed by atoms with Gasteiger partial charge in [-0.05, 0) is 25.5 Å². The van der Waals surface area contributed by atoms with Gasteiger partial charge in [-0.15, -0.1) is 24.8 Å². The lowest BCUT2D eigenvalue weighted by molar-refractivity contribution is 0.143. The van der Waals surface area contributed by atoms with Crippen LogP contribution in [-0.4, -0.2) is 31.1 Å². The van der Waals surface area contributed by atoms with Crippen molar-refractivity contribution in [3.05, 3.63) is 23.7 Å². The van der Waals surface area contributed by atoms with E-state index in [9.17, 15) is 0 Å². The second-order valence-electron chi connectivity index (χ2n) is 4.89. The molecule has 1 aliphatic rings. The molecule has 1 aliphatic heterocycles. The lowest BCUT2D eigenvalue weighted by Gasteiger charge is -2.33. The molecule has 19 heavy (non-hydrogen) atoms. The summed E-state index contributed by atoms with van der Waals surface area (Å²) < 4.78 is 5.83. The third-order valence-corrected chi connectivity index (χ3v) is 3.51. The zero-order valence-electron chi connectivity index (χ0n) is 11.9. The molecule has 5 heteroatoms. The largest absolute Gasteiger partial charge is 0.465 e. The van der Waals surface area contributed by atoms with Crippen LogP contribution in [0.25, 0.3) is 0 Å². The van der Waals surface area contributed by atoms with E-state index in [1.807, 2.05) is 6.92 Å². The van der Waals surface area contributed by atoms with Gasteiger partial charge in [-0.1, -0.05) is 19.8 Å². The Labute approximate surface area is 128 Å². The molecule has 1 atom stereocenters. The molecule has 2 rings (SSSR count). The van der Waals surface area contributed by atoms with Gasteiger partial charge in [0, 0.05) is 26.2 Å². The molecule has 1 aromatic heterocycles. The zero-order valence-corrected chi connectivity index (χ0v) is 13.5. The van der Waals surface area contributed by atoms with Gasteiger partial charge < -0.3 is 9.73 Å². The molecule has 0 radical (unpaired) electrons. The third-order valence-electron chi connectivity index (χ3n) is 3.51. The molecular formula is C14H26Cl2N2O. The highest BCUT2D eigenvalue weighted by atomic mass is 35.5. The molecule has 0 saturated carbocycles. The smallest absolute Gasteiger partial charge is 0.121 e. The number of hydrogen-bond acceptors (Lipinski definition) is 3. The highest BCUT2D eigenvalue weighted by Gasteiger charge is 2.23. The number of nitrogens with zero attached hydrogens (tertiary/aromatic N) is 1. The summed E-state index contributed by atoms with van der Waals surface area (Å²) in [7, 11) is 0. The number of piperazine rings is 1. The van der Waals surface area contributed by atoms with Crippen LogP contribution < -0.4 is 5.32 Å². The fourth-order valence-electron chi connectivity index (χ4n) is 2.53. The molecule has 112 valence electrons. The quantitative estimate of drug-likeness (QED) is 0.901. The van der Waals surface area contributed by atoms with Crippen molar-refractivity contribution in [2.24, 2.45) is 0 Å². The van der Waals surface area contributed by atoms with Gasteiger partial charge in [-0.3, -0.25) is 4.90 Å². The Bertz CT molecular complexity index is 338. The van der Waals surface area contributed by atoms with Crippen LogP contribution in [0.3, 0.4) is 0 Å². The summed E-state index contributed by atoms with van der Waals surface area (Å²) in [6.07, 6.45) is 3.74. The maximum absolute atomic E-state index is 5.83. The normalized spacial score (nSPS) is 17.4. The Morgan fingerprint density at radius 1 is 1.26 bits per heavy atom. The molecule has 0 aromatic carbocycles. The summed E-state index contributed by atoms with van der Waals surface area (Å²) in [6.45, 7) is 8.74. The van der Waals surface area contributed by atoms with Crippen molar-refractivity contribution in [1.82, 2.24) is 10.2 Å². The van der Waals surface area contributed by atoms with E-state index in [-0.39, 0.29) is 24.8 Å². The average Bonchev–Trinajstić information content (AvgIpc) is 2.78. The summed E-state index contributed by atoms with van der Waals surface area (Å²) in [5.74, 6) is 2.18. The number of rotatable bonds is 5. The van der Waals surface area contributed by atoms with E-state index in [2.05, 4.69) is 29.3 Å². The minimum atomic E-state index is 0. The molecule has 0 bridgehead atoms. The van der Waals surface area contributed by atoms with Crippen LogP contribution in [-0.2, 0) is 0 Å². The van der Waals surface area contributed by atoms with Gasteiger partial charge in [-0.2, -0.15) is 0 Å². The number of nitrogens with one attached hydrogen (secondary N) is 1. The maximum atomic E-state index is 5.83. The molecule has 0 unspecified atom stereocenters. The van der Waals surface area contributed by atoms with E-state index in [1.165, 1.54) is 19.3 Å². The Morgan fingerprint density at radius 2 is 1.95 bits per heavy atom. The number of halogens is 2. The van der Waals surface area contributed by atoms with Crippen molar-refractivity contribution < 1.29 is 4.42 Å². The Kier molecular flexibility index (Phi) is 9.54. The minimum absolute atomic E-state index is 0. The highest BCUT2D eigenvalue weighted by molar-refractivity contribution is 5.85. The minimum Gasteiger partial charge on any atom is -0.465 e. The standard InChI is InChI=1S/C14H24N2O.2ClH/c1-3-4-5-13(14-7-6-12(2)17-14)16-10-8-15-9-11-16;;/h6-7,13,15H,3-5,8-11H2,1-2H3;2*1H/t13-;;/m0../s1. The van der Waals surface area contributed by atoms with Gasteiger partial charge in [0.05, 0.1) is 6.04 Å². The Balaban J connectivity index is 0.00000162. The van der Waals surface area contributed by atoms with E-state index in [4.69, 9.17) is 4.42 Å². The molecule has 0 spiro atoms. The lowest BCUT2D eigenvalue weighted by Crippen LogP contribution is -2.45. The van der Waals surface area contributed by atoms with Crippen LogP contribution in [0, 0.1) is 6.92 Å². The van der Waals surface area contributed by atoms with Crippen molar-refractivity contribution in [2.75, 3.05) is 26.2 Å². The first-order valence-corrected chi connectivity index (χ1v) is 6.82. The molecule has 0 amide bonds. The lowest BCUT2D eigenvalue weighted by atomic mass is 10.0. The van der Waals surface area contributed by atoms with Crippen molar-refractivity contribution in [3.63, 3.8) is 0 Å². The van der Waals surface area contributed by atoms with Crippen LogP contribution in [0.2, 0.25) is 0 Å². The summed E-state index contributed by atoms with van der Waals surface area (Å²) in [6, 6.07) is 4.71. The van der Waals surface area contributed by atoms with Gasteiger partial charge in [0.15, 0.2) is 0 Å². The molecule has 1 fully saturated rings. The zero-order chi connectivity index (χ0) is 12.1. The summed E-state index contributed by atoms with van der Waals surface area (Å²) in [4.78, 5) is 2.56. The fraction of sp³-hybridized carbons (Fsp3) is 0.714. The second kappa shape index (κ2) is 9.65. The van der Waals surface area contributed by atoms with Crippen molar-refractivity contribution in [1.29, 1.82) is 0 Å². The van der Waals surface area contributed by atoms with Crippen LogP contribution in [0.4, 0.5) is 0 Å². The SMILES string of the molecule is CCCC[C@@H](c1ccc(C)o1)N1CCNCC1.Cl.Cl. The van der Waals surface area contributed by atoms with E-state index in [0.29, 0.717) is 6.04 Å². The Morgan fingerprint density at radius 3 is 2.47 bits per heavy atom. The van der Waals surface area contributed by atoms with Crippen LogP contribution in [0.1, 0.15) is 43.7 Å². The number of hydrogen-bond donors (Lipinski definition) is 1. The topological polar surface area (TPSA) is 28.4 Å². The van der Waals surface area contributed by atoms with Gasteiger partial charge in [-0.25, -0.2) is 0 Å².